The number of piperazine rings is 1. The van der Waals surface area contributed by atoms with Gasteiger partial charge in [0, 0.05) is 32.6 Å². The van der Waals surface area contributed by atoms with E-state index in [4.69, 9.17) is 4.42 Å². The van der Waals surface area contributed by atoms with Gasteiger partial charge in [0.05, 0.1) is 11.2 Å². The van der Waals surface area contributed by atoms with Gasteiger partial charge in [-0.1, -0.05) is 48.0 Å². The smallest absolute Gasteiger partial charge is 0.287 e. The first-order chi connectivity index (χ1) is 16.3. The zero-order valence-corrected chi connectivity index (χ0v) is 19.7. The van der Waals surface area contributed by atoms with Gasteiger partial charge in [0.25, 0.3) is 5.91 Å². The Hall–Kier alpha value is -3.43. The molecule has 1 N–H and O–H groups in total. The van der Waals surface area contributed by atoms with Gasteiger partial charge in [0.2, 0.25) is 15.9 Å². The second kappa shape index (κ2) is 10.2. The highest BCUT2D eigenvalue weighted by atomic mass is 32.2. The van der Waals surface area contributed by atoms with Gasteiger partial charge < -0.3 is 14.6 Å². The molecule has 3 aromatic rings. The topological polar surface area (TPSA) is 99.9 Å². The van der Waals surface area contributed by atoms with E-state index in [2.05, 4.69) is 5.32 Å². The third-order valence-electron chi connectivity index (χ3n) is 5.84. The summed E-state index contributed by atoms with van der Waals surface area (Å²) in [5.74, 6) is -0.601. The SMILES string of the molecule is Cc1ccc(S(=O)(=O)N2CCN(C(=O)[C@@H](Cc3ccccc3)NC(=O)c3ccco3)CC2)cc1. The molecular formula is C25H27N3O5S. The first-order valence-electron chi connectivity index (χ1n) is 11.1. The average molecular weight is 482 g/mol. The minimum absolute atomic E-state index is 0.125. The number of hydrogen-bond donors (Lipinski definition) is 1. The third-order valence-corrected chi connectivity index (χ3v) is 7.75. The van der Waals surface area contributed by atoms with Crippen LogP contribution >= 0.6 is 0 Å². The Morgan fingerprint density at radius 2 is 1.62 bits per heavy atom. The molecule has 178 valence electrons. The van der Waals surface area contributed by atoms with Crippen LogP contribution in [0.1, 0.15) is 21.7 Å². The fourth-order valence-electron chi connectivity index (χ4n) is 3.92. The Balaban J connectivity index is 1.45. The number of benzene rings is 2. The quantitative estimate of drug-likeness (QED) is 0.559. The van der Waals surface area contributed by atoms with Crippen LogP contribution in [0.25, 0.3) is 0 Å². The third kappa shape index (κ3) is 5.37. The summed E-state index contributed by atoms with van der Waals surface area (Å²) in [4.78, 5) is 27.8. The highest BCUT2D eigenvalue weighted by Gasteiger charge is 2.33. The second-order valence-corrected chi connectivity index (χ2v) is 10.2. The predicted octanol–water partition coefficient (Wildman–Crippen LogP) is 2.46. The van der Waals surface area contributed by atoms with E-state index in [0.717, 1.165) is 11.1 Å². The minimum atomic E-state index is -3.63. The molecule has 0 saturated carbocycles. The summed E-state index contributed by atoms with van der Waals surface area (Å²) in [6.07, 6.45) is 1.71. The molecule has 0 spiro atoms. The maximum atomic E-state index is 13.4. The Morgan fingerprint density at radius 3 is 2.24 bits per heavy atom. The van der Waals surface area contributed by atoms with Crippen LogP contribution in [0.4, 0.5) is 0 Å². The maximum absolute atomic E-state index is 13.4. The van der Waals surface area contributed by atoms with Gasteiger partial charge >= 0.3 is 0 Å². The summed E-state index contributed by atoms with van der Waals surface area (Å²) < 4.78 is 32.5. The van der Waals surface area contributed by atoms with Crippen LogP contribution in [0.5, 0.6) is 0 Å². The predicted molar refractivity (Wildman–Crippen MR) is 127 cm³/mol. The lowest BCUT2D eigenvalue weighted by Crippen LogP contribution is -2.56. The molecule has 8 nitrogen and oxygen atoms in total. The number of carbonyl (C=O) groups excluding carboxylic acids is 2. The maximum Gasteiger partial charge on any atom is 0.287 e. The number of aryl methyl sites for hydroxylation is 1. The molecule has 4 rings (SSSR count). The molecule has 1 aliphatic rings. The van der Waals surface area contributed by atoms with Crippen molar-refractivity contribution in [2.45, 2.75) is 24.3 Å². The van der Waals surface area contributed by atoms with Crippen molar-refractivity contribution in [2.75, 3.05) is 26.2 Å². The monoisotopic (exact) mass is 481 g/mol. The van der Waals surface area contributed by atoms with Gasteiger partial charge in [-0.2, -0.15) is 4.31 Å². The van der Waals surface area contributed by atoms with Gasteiger partial charge in [-0.05, 0) is 36.8 Å². The first kappa shape index (κ1) is 23.7. The summed E-state index contributed by atoms with van der Waals surface area (Å²) in [5.41, 5.74) is 1.89. The lowest BCUT2D eigenvalue weighted by molar-refractivity contribution is -0.134. The van der Waals surface area contributed by atoms with Crippen molar-refractivity contribution < 1.29 is 22.4 Å². The molecule has 0 aliphatic carbocycles. The zero-order valence-electron chi connectivity index (χ0n) is 18.9. The number of carbonyl (C=O) groups is 2. The molecule has 2 amide bonds. The van der Waals surface area contributed by atoms with Crippen molar-refractivity contribution in [1.82, 2.24) is 14.5 Å². The van der Waals surface area contributed by atoms with Crippen LogP contribution < -0.4 is 5.32 Å². The van der Waals surface area contributed by atoms with Crippen LogP contribution in [-0.4, -0.2) is 61.7 Å². The Labute approximate surface area is 199 Å². The Morgan fingerprint density at radius 1 is 0.941 bits per heavy atom. The number of nitrogens with zero attached hydrogens (tertiary/aromatic N) is 2. The van der Waals surface area contributed by atoms with Crippen molar-refractivity contribution in [3.63, 3.8) is 0 Å². The molecule has 0 bridgehead atoms. The van der Waals surface area contributed by atoms with Gasteiger partial charge in [-0.3, -0.25) is 9.59 Å². The van der Waals surface area contributed by atoms with Crippen molar-refractivity contribution in [2.24, 2.45) is 0 Å². The number of amides is 2. The van der Waals surface area contributed by atoms with Crippen LogP contribution in [0.3, 0.4) is 0 Å². The van der Waals surface area contributed by atoms with Crippen LogP contribution in [-0.2, 0) is 21.2 Å². The highest BCUT2D eigenvalue weighted by Crippen LogP contribution is 2.19. The molecule has 0 radical (unpaired) electrons. The van der Waals surface area contributed by atoms with E-state index < -0.39 is 22.0 Å². The summed E-state index contributed by atoms with van der Waals surface area (Å²) >= 11 is 0. The average Bonchev–Trinajstić information content (AvgIpc) is 3.39. The minimum Gasteiger partial charge on any atom is -0.459 e. The number of nitrogens with one attached hydrogen (secondary N) is 1. The number of furan rings is 1. The molecule has 1 aromatic heterocycles. The fourth-order valence-corrected chi connectivity index (χ4v) is 5.34. The molecule has 9 heteroatoms. The lowest BCUT2D eigenvalue weighted by atomic mass is 10.0. The van der Waals surface area contributed by atoms with Crippen molar-refractivity contribution in [3.05, 3.63) is 89.9 Å². The summed E-state index contributed by atoms with van der Waals surface area (Å²) in [6, 6.07) is 18.5. The summed E-state index contributed by atoms with van der Waals surface area (Å²) in [5, 5.41) is 2.78. The lowest BCUT2D eigenvalue weighted by Gasteiger charge is -2.36. The van der Waals surface area contributed by atoms with Gasteiger partial charge in [0.1, 0.15) is 6.04 Å². The number of rotatable bonds is 7. The highest BCUT2D eigenvalue weighted by molar-refractivity contribution is 7.89. The Kier molecular flexibility index (Phi) is 7.14. The summed E-state index contributed by atoms with van der Waals surface area (Å²) in [6.45, 7) is 2.76. The van der Waals surface area contributed by atoms with Crippen molar-refractivity contribution in [1.29, 1.82) is 0 Å². The van der Waals surface area contributed by atoms with Crippen LogP contribution in [0, 0.1) is 6.92 Å². The Bertz CT molecular complexity index is 1220. The molecular weight excluding hydrogens is 454 g/mol. The molecule has 1 saturated heterocycles. The van der Waals surface area contributed by atoms with E-state index >= 15 is 0 Å². The first-order valence-corrected chi connectivity index (χ1v) is 12.5. The molecule has 2 heterocycles. The van der Waals surface area contributed by atoms with E-state index in [-0.39, 0.29) is 42.7 Å². The molecule has 2 aromatic carbocycles. The van der Waals surface area contributed by atoms with Crippen LogP contribution in [0.15, 0.2) is 82.3 Å². The van der Waals surface area contributed by atoms with E-state index in [1.165, 1.54) is 16.6 Å². The molecule has 1 aliphatic heterocycles. The molecule has 0 unspecified atom stereocenters. The molecule has 34 heavy (non-hydrogen) atoms. The van der Waals surface area contributed by atoms with Gasteiger partial charge in [0.15, 0.2) is 5.76 Å². The van der Waals surface area contributed by atoms with E-state index in [9.17, 15) is 18.0 Å². The largest absolute Gasteiger partial charge is 0.459 e. The van der Waals surface area contributed by atoms with E-state index in [0.29, 0.717) is 6.42 Å². The fraction of sp³-hybridized carbons (Fsp3) is 0.280. The normalized spacial score (nSPS) is 15.6. The molecule has 1 atom stereocenters. The van der Waals surface area contributed by atoms with Crippen molar-refractivity contribution >= 4 is 21.8 Å². The molecule has 1 fully saturated rings. The van der Waals surface area contributed by atoms with Crippen LogP contribution in [0.2, 0.25) is 0 Å². The van der Waals surface area contributed by atoms with Gasteiger partial charge in [-0.15, -0.1) is 0 Å². The zero-order chi connectivity index (χ0) is 24.1. The van der Waals surface area contributed by atoms with Crippen molar-refractivity contribution in [3.8, 4) is 0 Å². The van der Waals surface area contributed by atoms with E-state index in [1.54, 1.807) is 35.2 Å². The van der Waals surface area contributed by atoms with E-state index in [1.807, 2.05) is 37.3 Å². The standard InChI is InChI=1S/C25H27N3O5S/c1-19-9-11-21(12-10-19)34(31,32)28-15-13-27(14-16-28)25(30)22(18-20-6-3-2-4-7-20)26-24(29)23-8-5-17-33-23/h2-12,17,22H,13-16,18H2,1H3,(H,26,29)/t22-/m1/s1. The number of hydrogen-bond acceptors (Lipinski definition) is 5. The van der Waals surface area contributed by atoms with Gasteiger partial charge in [-0.25, -0.2) is 8.42 Å². The second-order valence-electron chi connectivity index (χ2n) is 8.24. The number of sulfonamides is 1. The summed E-state index contributed by atoms with van der Waals surface area (Å²) in [7, 11) is -3.63.